The van der Waals surface area contributed by atoms with Gasteiger partial charge in [-0.1, -0.05) is 12.1 Å². The fraction of sp³-hybridized carbons (Fsp3) is 0.200. The van der Waals surface area contributed by atoms with Crippen molar-refractivity contribution in [1.82, 2.24) is 9.55 Å². The molecule has 0 unspecified atom stereocenters. The highest BCUT2D eigenvalue weighted by atomic mass is 16.6. The Kier molecular flexibility index (Phi) is 4.65. The van der Waals surface area contributed by atoms with Gasteiger partial charge in [-0.05, 0) is 29.8 Å². The van der Waals surface area contributed by atoms with E-state index >= 15 is 0 Å². The van der Waals surface area contributed by atoms with E-state index in [9.17, 15) is 4.79 Å². The number of ether oxygens (including phenoxy) is 3. The molecule has 1 aliphatic rings. The standard InChI is InChI=1S/C20H19N3O4/c1-25-16-4-2-3-14(11-16)13-22-19-20(24)23(8-7-21-19)15-5-6-17-18(12-15)27-10-9-26-17/h2-8,11-12H,9-10,13H2,1H3,(H,21,22). The van der Waals surface area contributed by atoms with Gasteiger partial charge in [0.2, 0.25) is 0 Å². The fourth-order valence-electron chi connectivity index (χ4n) is 2.89. The number of nitrogens with one attached hydrogen (secondary N) is 1. The first-order valence-electron chi connectivity index (χ1n) is 8.59. The van der Waals surface area contributed by atoms with Crippen LogP contribution in [0.1, 0.15) is 5.56 Å². The van der Waals surface area contributed by atoms with Crippen LogP contribution in [-0.4, -0.2) is 29.9 Å². The predicted octanol–water partition coefficient (Wildman–Crippen LogP) is 2.62. The van der Waals surface area contributed by atoms with Crippen LogP contribution >= 0.6 is 0 Å². The van der Waals surface area contributed by atoms with E-state index in [0.29, 0.717) is 36.9 Å². The molecule has 2 aromatic carbocycles. The number of anilines is 1. The summed E-state index contributed by atoms with van der Waals surface area (Å²) in [6.45, 7) is 1.49. The van der Waals surface area contributed by atoms with Crippen LogP contribution in [0.2, 0.25) is 0 Å². The van der Waals surface area contributed by atoms with E-state index in [1.54, 1.807) is 31.6 Å². The zero-order valence-corrected chi connectivity index (χ0v) is 14.8. The Morgan fingerprint density at radius 1 is 1.15 bits per heavy atom. The molecule has 1 N–H and O–H groups in total. The summed E-state index contributed by atoms with van der Waals surface area (Å²) in [5, 5.41) is 3.10. The van der Waals surface area contributed by atoms with Crippen molar-refractivity contribution in [2.24, 2.45) is 0 Å². The molecule has 1 aliphatic heterocycles. The first kappa shape index (κ1) is 17.0. The summed E-state index contributed by atoms with van der Waals surface area (Å²) in [6, 6.07) is 13.1. The molecule has 0 atom stereocenters. The molecule has 2 heterocycles. The highest BCUT2D eigenvalue weighted by Gasteiger charge is 2.14. The lowest BCUT2D eigenvalue weighted by atomic mass is 10.2. The monoisotopic (exact) mass is 365 g/mol. The second-order valence-electron chi connectivity index (χ2n) is 5.98. The summed E-state index contributed by atoms with van der Waals surface area (Å²) in [7, 11) is 1.62. The number of hydrogen-bond donors (Lipinski definition) is 1. The number of aromatic nitrogens is 2. The average Bonchev–Trinajstić information content (AvgIpc) is 2.73. The Bertz CT molecular complexity index is 1020. The summed E-state index contributed by atoms with van der Waals surface area (Å²) in [6.07, 6.45) is 3.22. The summed E-state index contributed by atoms with van der Waals surface area (Å²) in [5.41, 5.74) is 1.44. The average molecular weight is 365 g/mol. The Morgan fingerprint density at radius 3 is 2.85 bits per heavy atom. The van der Waals surface area contributed by atoms with E-state index in [1.807, 2.05) is 30.3 Å². The van der Waals surface area contributed by atoms with Crippen molar-refractivity contribution >= 4 is 5.82 Å². The van der Waals surface area contributed by atoms with Gasteiger partial charge in [0.05, 0.1) is 12.8 Å². The third-order valence-electron chi connectivity index (χ3n) is 4.24. The Balaban J connectivity index is 1.58. The molecule has 138 valence electrons. The van der Waals surface area contributed by atoms with Gasteiger partial charge < -0.3 is 19.5 Å². The maximum Gasteiger partial charge on any atom is 0.297 e. The second-order valence-corrected chi connectivity index (χ2v) is 5.98. The van der Waals surface area contributed by atoms with Crippen LogP contribution in [-0.2, 0) is 6.54 Å². The van der Waals surface area contributed by atoms with E-state index in [0.717, 1.165) is 11.3 Å². The van der Waals surface area contributed by atoms with Crippen molar-refractivity contribution in [2.45, 2.75) is 6.54 Å². The first-order chi connectivity index (χ1) is 13.2. The van der Waals surface area contributed by atoms with Crippen molar-refractivity contribution in [2.75, 3.05) is 25.6 Å². The Morgan fingerprint density at radius 2 is 2.00 bits per heavy atom. The normalized spacial score (nSPS) is 12.5. The van der Waals surface area contributed by atoms with Gasteiger partial charge in [0.25, 0.3) is 5.56 Å². The molecule has 7 nitrogen and oxygen atoms in total. The van der Waals surface area contributed by atoms with Gasteiger partial charge in [-0.25, -0.2) is 4.98 Å². The molecular weight excluding hydrogens is 346 g/mol. The van der Waals surface area contributed by atoms with Crippen molar-refractivity contribution in [1.29, 1.82) is 0 Å². The molecular formula is C20H19N3O4. The highest BCUT2D eigenvalue weighted by molar-refractivity contribution is 5.50. The van der Waals surface area contributed by atoms with Gasteiger partial charge in [0, 0.05) is 25.0 Å². The van der Waals surface area contributed by atoms with Crippen LogP contribution in [0.25, 0.3) is 5.69 Å². The lowest BCUT2D eigenvalue weighted by molar-refractivity contribution is 0.171. The van der Waals surface area contributed by atoms with Crippen molar-refractivity contribution in [3.8, 4) is 22.9 Å². The zero-order valence-electron chi connectivity index (χ0n) is 14.8. The van der Waals surface area contributed by atoms with Gasteiger partial charge in [-0.2, -0.15) is 0 Å². The predicted molar refractivity (Wildman–Crippen MR) is 101 cm³/mol. The maximum atomic E-state index is 12.8. The molecule has 3 aromatic rings. The van der Waals surface area contributed by atoms with Crippen LogP contribution in [0.3, 0.4) is 0 Å². The summed E-state index contributed by atoms with van der Waals surface area (Å²) >= 11 is 0. The number of fused-ring (bicyclic) bond motifs is 1. The third kappa shape index (κ3) is 3.57. The van der Waals surface area contributed by atoms with E-state index < -0.39 is 0 Å². The van der Waals surface area contributed by atoms with Gasteiger partial charge >= 0.3 is 0 Å². The highest BCUT2D eigenvalue weighted by Crippen LogP contribution is 2.31. The van der Waals surface area contributed by atoms with Crippen molar-refractivity contribution < 1.29 is 14.2 Å². The molecule has 0 amide bonds. The number of rotatable bonds is 5. The molecule has 0 spiro atoms. The molecule has 0 bridgehead atoms. The summed E-state index contributed by atoms with van der Waals surface area (Å²) in [5.74, 6) is 2.36. The molecule has 0 fully saturated rings. The Hall–Kier alpha value is -3.48. The van der Waals surface area contributed by atoms with Crippen molar-refractivity contribution in [3.63, 3.8) is 0 Å². The molecule has 0 radical (unpaired) electrons. The lowest BCUT2D eigenvalue weighted by Gasteiger charge is -2.19. The van der Waals surface area contributed by atoms with Crippen LogP contribution in [0.15, 0.2) is 59.7 Å². The minimum absolute atomic E-state index is 0.239. The van der Waals surface area contributed by atoms with Crippen LogP contribution in [0.5, 0.6) is 17.2 Å². The molecule has 4 rings (SSSR count). The SMILES string of the molecule is COc1cccc(CNc2nccn(-c3ccc4c(c3)OCCO4)c2=O)c1. The van der Waals surface area contributed by atoms with Crippen molar-refractivity contribution in [3.05, 3.63) is 70.8 Å². The minimum atomic E-state index is -0.239. The van der Waals surface area contributed by atoms with Crippen LogP contribution < -0.4 is 25.1 Å². The quantitative estimate of drug-likeness (QED) is 0.749. The largest absolute Gasteiger partial charge is 0.497 e. The molecule has 7 heteroatoms. The Labute approximate surface area is 156 Å². The summed E-state index contributed by atoms with van der Waals surface area (Å²) < 4.78 is 17.9. The zero-order chi connectivity index (χ0) is 18.6. The van der Waals surface area contributed by atoms with Crippen LogP contribution in [0, 0.1) is 0 Å². The van der Waals surface area contributed by atoms with E-state index in [2.05, 4.69) is 10.3 Å². The van der Waals surface area contributed by atoms with E-state index in [-0.39, 0.29) is 11.4 Å². The molecule has 27 heavy (non-hydrogen) atoms. The minimum Gasteiger partial charge on any atom is -0.497 e. The van der Waals surface area contributed by atoms with E-state index in [4.69, 9.17) is 14.2 Å². The number of benzene rings is 2. The molecule has 1 aromatic heterocycles. The molecule has 0 saturated heterocycles. The first-order valence-corrected chi connectivity index (χ1v) is 8.59. The lowest BCUT2D eigenvalue weighted by Crippen LogP contribution is -2.23. The number of nitrogens with zero attached hydrogens (tertiary/aromatic N) is 2. The smallest absolute Gasteiger partial charge is 0.297 e. The molecule has 0 aliphatic carbocycles. The van der Waals surface area contributed by atoms with Gasteiger partial charge in [0.15, 0.2) is 17.3 Å². The second kappa shape index (κ2) is 7.41. The fourth-order valence-corrected chi connectivity index (χ4v) is 2.89. The number of methoxy groups -OCH3 is 1. The van der Waals surface area contributed by atoms with Gasteiger partial charge in [-0.15, -0.1) is 0 Å². The van der Waals surface area contributed by atoms with Crippen LogP contribution in [0.4, 0.5) is 5.82 Å². The summed E-state index contributed by atoms with van der Waals surface area (Å²) in [4.78, 5) is 17.0. The number of hydrogen-bond acceptors (Lipinski definition) is 6. The van der Waals surface area contributed by atoms with Gasteiger partial charge in [-0.3, -0.25) is 9.36 Å². The molecule has 0 saturated carbocycles. The topological polar surface area (TPSA) is 74.6 Å². The maximum absolute atomic E-state index is 12.8. The third-order valence-corrected chi connectivity index (χ3v) is 4.24. The van der Waals surface area contributed by atoms with E-state index in [1.165, 1.54) is 4.57 Å². The van der Waals surface area contributed by atoms with Gasteiger partial charge in [0.1, 0.15) is 19.0 Å².